The van der Waals surface area contributed by atoms with Crippen molar-refractivity contribution in [3.8, 4) is 22.5 Å². The van der Waals surface area contributed by atoms with Crippen molar-refractivity contribution in [2.75, 3.05) is 17.7 Å². The van der Waals surface area contributed by atoms with E-state index in [1.807, 2.05) is 36.4 Å². The van der Waals surface area contributed by atoms with Crippen LogP contribution in [0.15, 0.2) is 76.4 Å². The highest BCUT2D eigenvalue weighted by Crippen LogP contribution is 2.37. The third kappa shape index (κ3) is 5.08. The zero-order chi connectivity index (χ0) is 23.3. The fraction of sp³-hybridized carbons (Fsp3) is 0.269. The first kappa shape index (κ1) is 22.4. The number of anilines is 1. The maximum atomic E-state index is 12.6. The van der Waals surface area contributed by atoms with E-state index in [0.717, 1.165) is 47.1 Å². The molecule has 1 aliphatic heterocycles. The zero-order valence-corrected chi connectivity index (χ0v) is 19.8. The van der Waals surface area contributed by atoms with E-state index in [9.17, 15) is 4.79 Å². The summed E-state index contributed by atoms with van der Waals surface area (Å²) in [6, 6.07) is 22.2. The van der Waals surface area contributed by atoms with Crippen molar-refractivity contribution in [2.45, 2.75) is 37.6 Å². The number of carbonyl (C=O) groups is 1. The number of thioether (sulfide) groups is 1. The molecule has 7 nitrogen and oxygen atoms in total. The molecule has 1 N–H and O–H groups in total. The number of nitrogens with one attached hydrogen (secondary N) is 1. The summed E-state index contributed by atoms with van der Waals surface area (Å²) in [5.41, 5.74) is 4.07. The highest BCUT2D eigenvalue weighted by Gasteiger charge is 2.25. The number of benzene rings is 2. The van der Waals surface area contributed by atoms with E-state index in [2.05, 4.69) is 39.3 Å². The summed E-state index contributed by atoms with van der Waals surface area (Å²) in [4.78, 5) is 17.6. The van der Waals surface area contributed by atoms with Gasteiger partial charge in [0.05, 0.1) is 29.8 Å². The predicted octanol–water partition coefficient (Wildman–Crippen LogP) is 5.42. The monoisotopic (exact) mass is 474 g/mol. The topological polar surface area (TPSA) is 82.2 Å². The maximum absolute atomic E-state index is 12.6. The van der Waals surface area contributed by atoms with Gasteiger partial charge in [-0.05, 0) is 19.8 Å². The smallest absolute Gasteiger partial charge is 0.236 e. The van der Waals surface area contributed by atoms with Crippen LogP contribution in [0.3, 0.4) is 0 Å². The maximum Gasteiger partial charge on any atom is 0.236 e. The Labute approximate surface area is 202 Å². The largest absolute Gasteiger partial charge is 0.376 e. The molecule has 1 atom stereocenters. The average Bonchev–Trinajstić information content (AvgIpc) is 3.60. The summed E-state index contributed by atoms with van der Waals surface area (Å²) in [5, 5.41) is 7.42. The first-order valence-corrected chi connectivity index (χ1v) is 12.3. The molecule has 0 saturated carbocycles. The van der Waals surface area contributed by atoms with Gasteiger partial charge in [0.2, 0.25) is 5.91 Å². The van der Waals surface area contributed by atoms with Crippen LogP contribution in [0.4, 0.5) is 5.82 Å². The average molecular weight is 475 g/mol. The molecule has 174 valence electrons. The van der Waals surface area contributed by atoms with E-state index in [1.165, 1.54) is 11.8 Å². The number of rotatable bonds is 8. The molecule has 0 aliphatic carbocycles. The summed E-state index contributed by atoms with van der Waals surface area (Å²) in [5.74, 6) is 1.11. The van der Waals surface area contributed by atoms with Gasteiger partial charge in [-0.2, -0.15) is 0 Å². The fourth-order valence-electron chi connectivity index (χ4n) is 4.12. The Bertz CT molecular complexity index is 1250. The second-order valence-corrected chi connectivity index (χ2v) is 9.17. The SMILES string of the molecule is Cc1cc(NC(=O)CSc2nc(-c3ccccc3)c(-c3ccccc3)n2C[C@@H]2CCCO2)no1. The van der Waals surface area contributed by atoms with Crippen molar-refractivity contribution < 1.29 is 14.1 Å². The third-order valence-electron chi connectivity index (χ3n) is 5.67. The lowest BCUT2D eigenvalue weighted by Gasteiger charge is -2.16. The Morgan fingerprint density at radius 3 is 2.50 bits per heavy atom. The van der Waals surface area contributed by atoms with Gasteiger partial charge in [-0.15, -0.1) is 0 Å². The number of nitrogens with zero attached hydrogens (tertiary/aromatic N) is 3. The fourth-order valence-corrected chi connectivity index (χ4v) is 4.93. The van der Waals surface area contributed by atoms with Gasteiger partial charge in [0.1, 0.15) is 5.76 Å². The standard InChI is InChI=1S/C26H26N4O3S/c1-18-15-22(29-33-18)27-23(31)17-34-26-28-24(19-9-4-2-5-10-19)25(20-11-6-3-7-12-20)30(26)16-21-13-8-14-32-21/h2-7,9-12,15,21H,8,13-14,16-17H2,1H3,(H,27,29,31)/t21-/m0/s1. The van der Waals surface area contributed by atoms with Crippen LogP contribution in [-0.2, 0) is 16.1 Å². The number of amides is 1. The first-order chi connectivity index (χ1) is 16.7. The van der Waals surface area contributed by atoms with Crippen LogP contribution < -0.4 is 5.32 Å². The molecule has 2 aromatic carbocycles. The minimum absolute atomic E-state index is 0.131. The molecule has 5 rings (SSSR count). The Balaban J connectivity index is 1.50. The second kappa shape index (κ2) is 10.3. The number of imidazole rings is 1. The summed E-state index contributed by atoms with van der Waals surface area (Å²) >= 11 is 1.41. The van der Waals surface area contributed by atoms with E-state index in [4.69, 9.17) is 14.2 Å². The van der Waals surface area contributed by atoms with Crippen molar-refractivity contribution in [1.29, 1.82) is 0 Å². The van der Waals surface area contributed by atoms with Crippen LogP contribution >= 0.6 is 11.8 Å². The van der Waals surface area contributed by atoms with Gasteiger partial charge < -0.3 is 19.1 Å². The molecular weight excluding hydrogens is 448 g/mol. The van der Waals surface area contributed by atoms with Crippen molar-refractivity contribution in [2.24, 2.45) is 0 Å². The lowest BCUT2D eigenvalue weighted by Crippen LogP contribution is -2.18. The van der Waals surface area contributed by atoms with Crippen LogP contribution in [-0.4, -0.2) is 39.1 Å². The van der Waals surface area contributed by atoms with E-state index < -0.39 is 0 Å². The van der Waals surface area contributed by atoms with E-state index >= 15 is 0 Å². The van der Waals surface area contributed by atoms with Crippen molar-refractivity contribution >= 4 is 23.5 Å². The minimum atomic E-state index is -0.160. The van der Waals surface area contributed by atoms with Gasteiger partial charge in [-0.25, -0.2) is 4.98 Å². The highest BCUT2D eigenvalue weighted by molar-refractivity contribution is 7.99. The van der Waals surface area contributed by atoms with Crippen LogP contribution in [0.5, 0.6) is 0 Å². The highest BCUT2D eigenvalue weighted by atomic mass is 32.2. The normalized spacial score (nSPS) is 15.5. The molecule has 8 heteroatoms. The summed E-state index contributed by atoms with van der Waals surface area (Å²) < 4.78 is 13.2. The molecule has 1 aliphatic rings. The summed E-state index contributed by atoms with van der Waals surface area (Å²) in [6.07, 6.45) is 2.21. The van der Waals surface area contributed by atoms with E-state index in [1.54, 1.807) is 13.0 Å². The van der Waals surface area contributed by atoms with E-state index in [-0.39, 0.29) is 17.8 Å². The molecule has 0 radical (unpaired) electrons. The number of aromatic nitrogens is 3. The predicted molar refractivity (Wildman–Crippen MR) is 133 cm³/mol. The molecule has 0 spiro atoms. The summed E-state index contributed by atoms with van der Waals surface area (Å²) in [7, 11) is 0. The number of ether oxygens (including phenoxy) is 1. The first-order valence-electron chi connectivity index (χ1n) is 11.4. The number of aryl methyl sites for hydroxylation is 1. The Morgan fingerprint density at radius 1 is 1.12 bits per heavy atom. The number of carbonyl (C=O) groups excluding carboxylic acids is 1. The van der Waals surface area contributed by atoms with Gasteiger partial charge in [-0.3, -0.25) is 4.79 Å². The molecule has 1 saturated heterocycles. The van der Waals surface area contributed by atoms with Gasteiger partial charge in [-0.1, -0.05) is 77.6 Å². The molecule has 3 heterocycles. The molecule has 0 bridgehead atoms. The Kier molecular flexibility index (Phi) is 6.78. The molecule has 1 fully saturated rings. The van der Waals surface area contributed by atoms with E-state index in [0.29, 0.717) is 18.1 Å². The van der Waals surface area contributed by atoms with Crippen molar-refractivity contribution in [3.63, 3.8) is 0 Å². The number of hydrogen-bond acceptors (Lipinski definition) is 6. The van der Waals surface area contributed by atoms with Gasteiger partial charge in [0.15, 0.2) is 11.0 Å². The molecule has 34 heavy (non-hydrogen) atoms. The molecule has 2 aromatic heterocycles. The summed E-state index contributed by atoms with van der Waals surface area (Å²) in [6.45, 7) is 3.26. The van der Waals surface area contributed by atoms with Crippen molar-refractivity contribution in [1.82, 2.24) is 14.7 Å². The quantitative estimate of drug-likeness (QED) is 0.343. The second-order valence-electron chi connectivity index (χ2n) is 8.23. The minimum Gasteiger partial charge on any atom is -0.376 e. The Morgan fingerprint density at radius 2 is 1.85 bits per heavy atom. The lowest BCUT2D eigenvalue weighted by molar-refractivity contribution is -0.113. The van der Waals surface area contributed by atoms with Gasteiger partial charge in [0.25, 0.3) is 0 Å². The lowest BCUT2D eigenvalue weighted by atomic mass is 10.0. The number of hydrogen-bond donors (Lipinski definition) is 1. The molecule has 4 aromatic rings. The molecule has 0 unspecified atom stereocenters. The van der Waals surface area contributed by atoms with Gasteiger partial charge >= 0.3 is 0 Å². The third-order valence-corrected chi connectivity index (χ3v) is 6.64. The molecular formula is C26H26N4O3S. The van der Waals surface area contributed by atoms with Gasteiger partial charge in [0, 0.05) is 23.8 Å². The van der Waals surface area contributed by atoms with Crippen LogP contribution in [0.1, 0.15) is 18.6 Å². The zero-order valence-electron chi connectivity index (χ0n) is 18.9. The molecule has 1 amide bonds. The van der Waals surface area contributed by atoms with Crippen LogP contribution in [0.2, 0.25) is 0 Å². The van der Waals surface area contributed by atoms with Crippen LogP contribution in [0, 0.1) is 6.92 Å². The van der Waals surface area contributed by atoms with Crippen molar-refractivity contribution in [3.05, 3.63) is 72.5 Å². The Hall–Kier alpha value is -3.36. The van der Waals surface area contributed by atoms with Crippen LogP contribution in [0.25, 0.3) is 22.5 Å².